The Balaban J connectivity index is 1.43. The van der Waals surface area contributed by atoms with E-state index in [4.69, 9.17) is 4.74 Å². The molecule has 0 radical (unpaired) electrons. The number of esters is 1. The molecule has 1 N–H and O–H groups in total. The minimum atomic E-state index is -0.0319. The molecule has 0 aromatic heterocycles. The SMILES string of the molecule is CCOC(=O)CC1CCC(Nc2ccc(C3CCC(C)(C)CC3)cc2)CC1. The highest BCUT2D eigenvalue weighted by molar-refractivity contribution is 5.69. The third-order valence-electron chi connectivity index (χ3n) is 6.70. The third kappa shape index (κ3) is 5.99. The predicted octanol–water partition coefficient (Wildman–Crippen LogP) is 6.29. The molecule has 2 fully saturated rings. The van der Waals surface area contributed by atoms with Crippen LogP contribution >= 0.6 is 0 Å². The van der Waals surface area contributed by atoms with Crippen LogP contribution in [0, 0.1) is 11.3 Å². The molecule has 2 aliphatic rings. The summed E-state index contributed by atoms with van der Waals surface area (Å²) in [5.74, 6) is 1.21. The van der Waals surface area contributed by atoms with Gasteiger partial charge in [-0.3, -0.25) is 4.79 Å². The molecule has 0 unspecified atom stereocenters. The van der Waals surface area contributed by atoms with E-state index < -0.39 is 0 Å². The minimum Gasteiger partial charge on any atom is -0.466 e. The summed E-state index contributed by atoms with van der Waals surface area (Å²) in [4.78, 5) is 11.6. The highest BCUT2D eigenvalue weighted by atomic mass is 16.5. The molecule has 0 bridgehead atoms. The molecule has 3 nitrogen and oxygen atoms in total. The maximum absolute atomic E-state index is 11.6. The molecule has 0 saturated heterocycles. The van der Waals surface area contributed by atoms with Gasteiger partial charge in [0.15, 0.2) is 0 Å². The van der Waals surface area contributed by atoms with Crippen LogP contribution in [0.25, 0.3) is 0 Å². The molecular formula is C24H37NO2. The first-order chi connectivity index (χ1) is 12.9. The van der Waals surface area contributed by atoms with Crippen molar-refractivity contribution in [1.82, 2.24) is 0 Å². The van der Waals surface area contributed by atoms with Crippen LogP contribution in [-0.2, 0) is 9.53 Å². The van der Waals surface area contributed by atoms with Gasteiger partial charge in [0.25, 0.3) is 0 Å². The van der Waals surface area contributed by atoms with Crippen LogP contribution in [0.5, 0.6) is 0 Å². The molecule has 3 rings (SSSR count). The average molecular weight is 372 g/mol. The van der Waals surface area contributed by atoms with Crippen LogP contribution in [0.4, 0.5) is 5.69 Å². The molecule has 2 aliphatic carbocycles. The van der Waals surface area contributed by atoms with Gasteiger partial charge in [-0.25, -0.2) is 0 Å². The summed E-state index contributed by atoms with van der Waals surface area (Å²) < 4.78 is 5.09. The quantitative estimate of drug-likeness (QED) is 0.597. The Bertz CT molecular complexity index is 589. The summed E-state index contributed by atoms with van der Waals surface area (Å²) in [6, 6.07) is 9.72. The van der Waals surface area contributed by atoms with Gasteiger partial charge in [-0.05, 0) is 93.2 Å². The summed E-state index contributed by atoms with van der Waals surface area (Å²) in [5.41, 5.74) is 3.28. The van der Waals surface area contributed by atoms with Crippen molar-refractivity contribution in [2.24, 2.45) is 11.3 Å². The zero-order chi connectivity index (χ0) is 19.3. The normalized spacial score (nSPS) is 25.7. The van der Waals surface area contributed by atoms with Crippen molar-refractivity contribution >= 4 is 11.7 Å². The first-order valence-electron chi connectivity index (χ1n) is 11.0. The number of benzene rings is 1. The smallest absolute Gasteiger partial charge is 0.306 e. The van der Waals surface area contributed by atoms with Crippen LogP contribution in [0.15, 0.2) is 24.3 Å². The molecule has 27 heavy (non-hydrogen) atoms. The Morgan fingerprint density at radius 3 is 2.26 bits per heavy atom. The van der Waals surface area contributed by atoms with E-state index >= 15 is 0 Å². The van der Waals surface area contributed by atoms with Gasteiger partial charge in [0.1, 0.15) is 0 Å². The lowest BCUT2D eigenvalue weighted by molar-refractivity contribution is -0.144. The molecule has 0 amide bonds. The number of anilines is 1. The van der Waals surface area contributed by atoms with Crippen molar-refractivity contribution in [2.45, 2.75) is 90.5 Å². The fraction of sp³-hybridized carbons (Fsp3) is 0.708. The topological polar surface area (TPSA) is 38.3 Å². The lowest BCUT2D eigenvalue weighted by Gasteiger charge is -2.34. The largest absolute Gasteiger partial charge is 0.466 e. The maximum Gasteiger partial charge on any atom is 0.306 e. The maximum atomic E-state index is 11.6. The van der Waals surface area contributed by atoms with Crippen LogP contribution in [0.1, 0.15) is 90.0 Å². The van der Waals surface area contributed by atoms with Crippen molar-refractivity contribution < 1.29 is 9.53 Å². The van der Waals surface area contributed by atoms with E-state index in [1.54, 1.807) is 0 Å². The lowest BCUT2D eigenvalue weighted by atomic mass is 9.71. The minimum absolute atomic E-state index is 0.0319. The fourth-order valence-electron chi connectivity index (χ4n) is 4.79. The van der Waals surface area contributed by atoms with E-state index in [1.165, 1.54) is 36.9 Å². The molecular weight excluding hydrogens is 334 g/mol. The summed E-state index contributed by atoms with van der Waals surface area (Å²) in [6.07, 6.45) is 10.4. The van der Waals surface area contributed by atoms with E-state index in [-0.39, 0.29) is 5.97 Å². The Labute approximate surface area is 165 Å². The molecule has 2 saturated carbocycles. The van der Waals surface area contributed by atoms with Gasteiger partial charge in [0, 0.05) is 18.2 Å². The average Bonchev–Trinajstić information content (AvgIpc) is 2.64. The Kier molecular flexibility index (Phi) is 6.83. The van der Waals surface area contributed by atoms with Crippen LogP contribution in [-0.4, -0.2) is 18.6 Å². The molecule has 0 heterocycles. The predicted molar refractivity (Wildman–Crippen MR) is 112 cm³/mol. The zero-order valence-electron chi connectivity index (χ0n) is 17.4. The second-order valence-corrected chi connectivity index (χ2v) is 9.43. The second kappa shape index (κ2) is 9.12. The van der Waals surface area contributed by atoms with Crippen molar-refractivity contribution in [1.29, 1.82) is 0 Å². The second-order valence-electron chi connectivity index (χ2n) is 9.43. The van der Waals surface area contributed by atoms with E-state index in [0.717, 1.165) is 31.6 Å². The van der Waals surface area contributed by atoms with E-state index in [1.807, 2.05) is 6.92 Å². The molecule has 1 aromatic rings. The standard InChI is InChI=1S/C24H37NO2/c1-4-27-23(26)17-18-5-9-21(10-6-18)25-22-11-7-19(8-12-22)20-13-15-24(2,3)16-14-20/h7-8,11-12,18,20-21,25H,4-6,9-10,13-17H2,1-3H3. The molecule has 3 heteroatoms. The van der Waals surface area contributed by atoms with Gasteiger partial charge in [-0.2, -0.15) is 0 Å². The molecule has 0 aliphatic heterocycles. The van der Waals surface area contributed by atoms with Crippen LogP contribution in [0.2, 0.25) is 0 Å². The fourth-order valence-corrected chi connectivity index (χ4v) is 4.79. The van der Waals surface area contributed by atoms with Gasteiger partial charge in [0.2, 0.25) is 0 Å². The van der Waals surface area contributed by atoms with Gasteiger partial charge >= 0.3 is 5.97 Å². The Morgan fingerprint density at radius 2 is 1.67 bits per heavy atom. The van der Waals surface area contributed by atoms with Gasteiger partial charge in [-0.15, -0.1) is 0 Å². The number of carbonyl (C=O) groups excluding carboxylic acids is 1. The van der Waals surface area contributed by atoms with Crippen molar-refractivity contribution in [3.8, 4) is 0 Å². The Morgan fingerprint density at radius 1 is 1.04 bits per heavy atom. The highest BCUT2D eigenvalue weighted by Gasteiger charge is 2.27. The van der Waals surface area contributed by atoms with Crippen molar-refractivity contribution in [3.63, 3.8) is 0 Å². The Hall–Kier alpha value is -1.51. The summed E-state index contributed by atoms with van der Waals surface area (Å²) in [5, 5.41) is 3.71. The van der Waals surface area contributed by atoms with E-state index in [9.17, 15) is 4.79 Å². The number of nitrogens with one attached hydrogen (secondary N) is 1. The van der Waals surface area contributed by atoms with Crippen molar-refractivity contribution in [3.05, 3.63) is 29.8 Å². The number of rotatable bonds is 6. The van der Waals surface area contributed by atoms with E-state index in [2.05, 4.69) is 43.4 Å². The third-order valence-corrected chi connectivity index (χ3v) is 6.70. The first-order valence-corrected chi connectivity index (χ1v) is 11.0. The monoisotopic (exact) mass is 371 g/mol. The summed E-state index contributed by atoms with van der Waals surface area (Å²) in [7, 11) is 0. The lowest BCUT2D eigenvalue weighted by Crippen LogP contribution is -2.27. The molecule has 150 valence electrons. The van der Waals surface area contributed by atoms with Crippen LogP contribution in [0.3, 0.4) is 0 Å². The van der Waals surface area contributed by atoms with E-state index in [0.29, 0.717) is 30.4 Å². The van der Waals surface area contributed by atoms with Gasteiger partial charge in [-0.1, -0.05) is 26.0 Å². The molecule has 0 atom stereocenters. The molecule has 1 aromatic carbocycles. The number of carbonyl (C=O) groups is 1. The van der Waals surface area contributed by atoms with Gasteiger partial charge < -0.3 is 10.1 Å². The first kappa shape index (κ1) is 20.2. The number of ether oxygens (including phenoxy) is 1. The summed E-state index contributed by atoms with van der Waals surface area (Å²) in [6.45, 7) is 7.17. The van der Waals surface area contributed by atoms with Crippen molar-refractivity contribution in [2.75, 3.05) is 11.9 Å². The van der Waals surface area contributed by atoms with Gasteiger partial charge in [0.05, 0.1) is 6.61 Å². The van der Waals surface area contributed by atoms with Crippen LogP contribution < -0.4 is 5.32 Å². The molecule has 0 spiro atoms. The summed E-state index contributed by atoms with van der Waals surface area (Å²) >= 11 is 0. The number of hydrogen-bond acceptors (Lipinski definition) is 3. The zero-order valence-corrected chi connectivity index (χ0v) is 17.4. The highest BCUT2D eigenvalue weighted by Crippen LogP contribution is 2.42. The number of hydrogen-bond donors (Lipinski definition) is 1.